The molecule has 1 aromatic heterocycles. The van der Waals surface area contributed by atoms with Gasteiger partial charge in [-0.15, -0.1) is 0 Å². The molecule has 4 heteroatoms. The van der Waals surface area contributed by atoms with Crippen molar-refractivity contribution >= 4 is 22.7 Å². The second-order valence-electron chi connectivity index (χ2n) is 6.56. The van der Waals surface area contributed by atoms with Crippen LogP contribution in [0, 0.1) is 0 Å². The van der Waals surface area contributed by atoms with Crippen molar-refractivity contribution in [1.82, 2.24) is 4.98 Å². The third kappa shape index (κ3) is 3.71. The third-order valence-corrected chi connectivity index (χ3v) is 3.44. The number of benzene rings is 2. The molecule has 0 radical (unpaired) electrons. The van der Waals surface area contributed by atoms with Gasteiger partial charge < -0.3 is 4.74 Å². The highest BCUT2D eigenvalue weighted by atomic mass is 16.6. The minimum Gasteiger partial charge on any atom is -0.444 e. The SMILES string of the molecule is CC(C)(C)OC(=O)Nc1ccccc1-c1ccc2ccccc2n1. The zero-order chi connectivity index (χ0) is 17.2. The summed E-state index contributed by atoms with van der Waals surface area (Å²) in [7, 11) is 0. The molecule has 0 aliphatic heterocycles. The molecule has 4 nitrogen and oxygen atoms in total. The van der Waals surface area contributed by atoms with Crippen LogP contribution in [-0.4, -0.2) is 16.7 Å². The molecule has 122 valence electrons. The van der Waals surface area contributed by atoms with Crippen molar-refractivity contribution in [2.45, 2.75) is 26.4 Å². The summed E-state index contributed by atoms with van der Waals surface area (Å²) >= 11 is 0. The van der Waals surface area contributed by atoms with Gasteiger partial charge in [0.2, 0.25) is 0 Å². The topological polar surface area (TPSA) is 51.2 Å². The lowest BCUT2D eigenvalue weighted by atomic mass is 10.1. The van der Waals surface area contributed by atoms with Crippen molar-refractivity contribution in [1.29, 1.82) is 0 Å². The maximum absolute atomic E-state index is 12.1. The molecular formula is C20H20N2O2. The number of amides is 1. The Balaban J connectivity index is 1.94. The van der Waals surface area contributed by atoms with Crippen LogP contribution in [0.15, 0.2) is 60.7 Å². The van der Waals surface area contributed by atoms with E-state index < -0.39 is 11.7 Å². The minimum atomic E-state index is -0.541. The van der Waals surface area contributed by atoms with Gasteiger partial charge in [-0.2, -0.15) is 0 Å². The van der Waals surface area contributed by atoms with Crippen LogP contribution in [0.2, 0.25) is 0 Å². The molecule has 0 saturated heterocycles. The Morgan fingerprint density at radius 3 is 2.46 bits per heavy atom. The first-order chi connectivity index (χ1) is 11.4. The van der Waals surface area contributed by atoms with E-state index in [1.807, 2.05) is 81.4 Å². The van der Waals surface area contributed by atoms with Crippen molar-refractivity contribution in [2.24, 2.45) is 0 Å². The summed E-state index contributed by atoms with van der Waals surface area (Å²) in [5.41, 5.74) is 2.71. The van der Waals surface area contributed by atoms with E-state index in [1.165, 1.54) is 0 Å². The molecule has 0 unspecified atom stereocenters. The highest BCUT2D eigenvalue weighted by molar-refractivity contribution is 5.92. The fourth-order valence-corrected chi connectivity index (χ4v) is 2.45. The average molecular weight is 320 g/mol. The average Bonchev–Trinajstić information content (AvgIpc) is 2.53. The fraction of sp³-hybridized carbons (Fsp3) is 0.200. The molecule has 0 spiro atoms. The number of carbonyl (C=O) groups is 1. The predicted molar refractivity (Wildman–Crippen MR) is 97.0 cm³/mol. The smallest absolute Gasteiger partial charge is 0.412 e. The van der Waals surface area contributed by atoms with Crippen LogP contribution >= 0.6 is 0 Å². The van der Waals surface area contributed by atoms with Crippen LogP contribution < -0.4 is 5.32 Å². The van der Waals surface area contributed by atoms with Gasteiger partial charge in [-0.3, -0.25) is 5.32 Å². The molecule has 24 heavy (non-hydrogen) atoms. The number of pyridine rings is 1. The second kappa shape index (κ2) is 6.32. The standard InChI is InChI=1S/C20H20N2O2/c1-20(2,3)24-19(23)22-17-11-7-5-9-15(17)18-13-12-14-8-4-6-10-16(14)21-18/h4-13H,1-3H3,(H,22,23). The Labute approximate surface area is 141 Å². The number of hydrogen-bond donors (Lipinski definition) is 1. The number of rotatable bonds is 2. The quantitative estimate of drug-likeness (QED) is 0.701. The lowest BCUT2D eigenvalue weighted by Gasteiger charge is -2.20. The van der Waals surface area contributed by atoms with Crippen LogP contribution in [0.3, 0.4) is 0 Å². The number of para-hydroxylation sites is 2. The van der Waals surface area contributed by atoms with Crippen molar-refractivity contribution < 1.29 is 9.53 Å². The van der Waals surface area contributed by atoms with Crippen LogP contribution in [0.25, 0.3) is 22.2 Å². The Morgan fingerprint density at radius 1 is 0.958 bits per heavy atom. The zero-order valence-corrected chi connectivity index (χ0v) is 14.0. The molecule has 0 saturated carbocycles. The van der Waals surface area contributed by atoms with Gasteiger partial charge in [-0.25, -0.2) is 9.78 Å². The van der Waals surface area contributed by atoms with E-state index in [0.29, 0.717) is 5.69 Å². The number of aromatic nitrogens is 1. The van der Waals surface area contributed by atoms with E-state index in [0.717, 1.165) is 22.2 Å². The van der Waals surface area contributed by atoms with Gasteiger partial charge in [0.1, 0.15) is 5.60 Å². The molecule has 2 aromatic carbocycles. The second-order valence-corrected chi connectivity index (χ2v) is 6.56. The summed E-state index contributed by atoms with van der Waals surface area (Å²) in [5.74, 6) is 0. The number of carbonyl (C=O) groups excluding carboxylic acids is 1. The normalized spacial score (nSPS) is 11.3. The maximum atomic E-state index is 12.1. The van der Waals surface area contributed by atoms with Crippen molar-refractivity contribution in [3.05, 3.63) is 60.7 Å². The van der Waals surface area contributed by atoms with E-state index in [1.54, 1.807) is 0 Å². The molecule has 1 heterocycles. The molecule has 1 N–H and O–H groups in total. The molecule has 3 aromatic rings. The molecule has 0 aliphatic carbocycles. The van der Waals surface area contributed by atoms with Gasteiger partial charge >= 0.3 is 6.09 Å². The van der Waals surface area contributed by atoms with Gasteiger partial charge in [0.05, 0.1) is 16.9 Å². The summed E-state index contributed by atoms with van der Waals surface area (Å²) in [6.07, 6.45) is -0.476. The first-order valence-electron chi connectivity index (χ1n) is 7.87. The lowest BCUT2D eigenvalue weighted by molar-refractivity contribution is 0.0636. The van der Waals surface area contributed by atoms with Crippen molar-refractivity contribution in [3.8, 4) is 11.3 Å². The molecule has 3 rings (SSSR count). The highest BCUT2D eigenvalue weighted by Gasteiger charge is 2.17. The Hall–Kier alpha value is -2.88. The molecule has 0 atom stereocenters. The Bertz CT molecular complexity index is 882. The van der Waals surface area contributed by atoms with Gasteiger partial charge in [0.15, 0.2) is 0 Å². The van der Waals surface area contributed by atoms with Crippen molar-refractivity contribution in [3.63, 3.8) is 0 Å². The van der Waals surface area contributed by atoms with Crippen LogP contribution in [0.5, 0.6) is 0 Å². The van der Waals surface area contributed by atoms with Gasteiger partial charge in [0, 0.05) is 10.9 Å². The number of fused-ring (bicyclic) bond motifs is 1. The summed E-state index contributed by atoms with van der Waals surface area (Å²) in [5, 5.41) is 3.89. The molecule has 0 aliphatic rings. The first kappa shape index (κ1) is 16.0. The van der Waals surface area contributed by atoms with Crippen LogP contribution in [0.4, 0.5) is 10.5 Å². The largest absolute Gasteiger partial charge is 0.444 e. The molecule has 0 bridgehead atoms. The number of nitrogens with one attached hydrogen (secondary N) is 1. The van der Waals surface area contributed by atoms with E-state index in [9.17, 15) is 4.79 Å². The predicted octanol–water partition coefficient (Wildman–Crippen LogP) is 5.25. The number of hydrogen-bond acceptors (Lipinski definition) is 3. The number of ether oxygens (including phenoxy) is 1. The molecular weight excluding hydrogens is 300 g/mol. The lowest BCUT2D eigenvalue weighted by Crippen LogP contribution is -2.27. The summed E-state index contributed by atoms with van der Waals surface area (Å²) < 4.78 is 5.33. The van der Waals surface area contributed by atoms with Gasteiger partial charge in [-0.05, 0) is 39.0 Å². The molecule has 1 amide bonds. The summed E-state index contributed by atoms with van der Waals surface area (Å²) in [6.45, 7) is 5.51. The van der Waals surface area contributed by atoms with Crippen LogP contribution in [0.1, 0.15) is 20.8 Å². The van der Waals surface area contributed by atoms with Gasteiger partial charge in [0.25, 0.3) is 0 Å². The zero-order valence-electron chi connectivity index (χ0n) is 14.0. The van der Waals surface area contributed by atoms with Crippen molar-refractivity contribution in [2.75, 3.05) is 5.32 Å². The van der Waals surface area contributed by atoms with Gasteiger partial charge in [-0.1, -0.05) is 42.5 Å². The summed E-state index contributed by atoms with van der Waals surface area (Å²) in [4.78, 5) is 16.8. The van der Waals surface area contributed by atoms with E-state index in [2.05, 4.69) is 5.32 Å². The minimum absolute atomic E-state index is 0.476. The highest BCUT2D eigenvalue weighted by Crippen LogP contribution is 2.28. The summed E-state index contributed by atoms with van der Waals surface area (Å²) in [6, 6.07) is 19.5. The maximum Gasteiger partial charge on any atom is 0.412 e. The number of nitrogens with zero attached hydrogens (tertiary/aromatic N) is 1. The number of anilines is 1. The van der Waals surface area contributed by atoms with E-state index in [4.69, 9.17) is 9.72 Å². The molecule has 0 fully saturated rings. The first-order valence-corrected chi connectivity index (χ1v) is 7.87. The Kier molecular flexibility index (Phi) is 4.21. The van der Waals surface area contributed by atoms with E-state index >= 15 is 0 Å². The fourth-order valence-electron chi connectivity index (χ4n) is 2.45. The third-order valence-electron chi connectivity index (χ3n) is 3.44. The van der Waals surface area contributed by atoms with Crippen LogP contribution in [-0.2, 0) is 4.74 Å². The van der Waals surface area contributed by atoms with E-state index in [-0.39, 0.29) is 0 Å². The Morgan fingerprint density at radius 2 is 1.67 bits per heavy atom. The monoisotopic (exact) mass is 320 g/mol.